The molecule has 5 heteroatoms. The van der Waals surface area contributed by atoms with E-state index in [4.69, 9.17) is 9.84 Å². The summed E-state index contributed by atoms with van der Waals surface area (Å²) in [6.45, 7) is 0. The lowest BCUT2D eigenvalue weighted by atomic mass is 10.1. The third-order valence-corrected chi connectivity index (χ3v) is 1.59. The first-order chi connectivity index (χ1) is 6.16. The fourth-order valence-corrected chi connectivity index (χ4v) is 0.938. The van der Waals surface area contributed by atoms with Crippen molar-refractivity contribution in [2.24, 2.45) is 0 Å². The Morgan fingerprint density at radius 3 is 2.77 bits per heavy atom. The molecule has 1 unspecified atom stereocenters. The van der Waals surface area contributed by atoms with Crippen molar-refractivity contribution in [3.63, 3.8) is 0 Å². The molecule has 0 aliphatic rings. The van der Waals surface area contributed by atoms with Crippen LogP contribution in [-0.4, -0.2) is 23.6 Å². The number of aromatic nitrogens is 1. The highest BCUT2D eigenvalue weighted by Gasteiger charge is 2.22. The molecular weight excluding hydrogens is 180 g/mol. The first-order valence-electron chi connectivity index (χ1n) is 3.61. The van der Waals surface area contributed by atoms with Gasteiger partial charge in [0.25, 0.3) is 6.43 Å². The summed E-state index contributed by atoms with van der Waals surface area (Å²) in [5.74, 6) is 0.211. The van der Waals surface area contributed by atoms with Crippen molar-refractivity contribution in [1.82, 2.24) is 4.98 Å². The van der Waals surface area contributed by atoms with Crippen molar-refractivity contribution in [1.29, 1.82) is 0 Å². The van der Waals surface area contributed by atoms with E-state index in [-0.39, 0.29) is 11.3 Å². The van der Waals surface area contributed by atoms with Crippen molar-refractivity contribution >= 4 is 0 Å². The highest BCUT2D eigenvalue weighted by Crippen LogP contribution is 2.27. The highest BCUT2D eigenvalue weighted by atomic mass is 19.3. The molecule has 0 saturated carbocycles. The zero-order chi connectivity index (χ0) is 9.84. The summed E-state index contributed by atoms with van der Waals surface area (Å²) < 4.78 is 29.0. The summed E-state index contributed by atoms with van der Waals surface area (Å²) in [5.41, 5.74) is 0.000000000000000222. The molecule has 13 heavy (non-hydrogen) atoms. The normalized spacial score (nSPS) is 13.0. The smallest absolute Gasteiger partial charge is 0.268 e. The zero-order valence-corrected chi connectivity index (χ0v) is 6.95. The van der Waals surface area contributed by atoms with E-state index < -0.39 is 12.5 Å². The molecule has 0 bridgehead atoms. The van der Waals surface area contributed by atoms with Crippen LogP contribution in [0.3, 0.4) is 0 Å². The summed E-state index contributed by atoms with van der Waals surface area (Å²) in [5, 5.41) is 9.04. The molecule has 0 aliphatic heterocycles. The molecule has 1 atom stereocenters. The van der Waals surface area contributed by atoms with Crippen molar-refractivity contribution in [3.8, 4) is 5.75 Å². The van der Waals surface area contributed by atoms with E-state index in [1.165, 1.54) is 19.4 Å². The van der Waals surface area contributed by atoms with E-state index in [9.17, 15) is 8.78 Å². The Bertz CT molecular complexity index is 281. The second-order valence-electron chi connectivity index (χ2n) is 2.40. The fraction of sp³-hybridized carbons (Fsp3) is 0.375. The van der Waals surface area contributed by atoms with Gasteiger partial charge >= 0.3 is 0 Å². The second kappa shape index (κ2) is 4.13. The number of halogens is 2. The average Bonchev–Trinajstić information content (AvgIpc) is 2.16. The molecule has 0 saturated heterocycles. The number of pyridine rings is 1. The van der Waals surface area contributed by atoms with Gasteiger partial charge in [-0.3, -0.25) is 4.98 Å². The van der Waals surface area contributed by atoms with Crippen LogP contribution in [-0.2, 0) is 0 Å². The monoisotopic (exact) mass is 189 g/mol. The lowest BCUT2D eigenvalue weighted by Crippen LogP contribution is -2.09. The number of ether oxygens (including phenoxy) is 1. The Morgan fingerprint density at radius 1 is 1.54 bits per heavy atom. The summed E-state index contributed by atoms with van der Waals surface area (Å²) in [4.78, 5) is 3.62. The quantitative estimate of drug-likeness (QED) is 0.781. The second-order valence-corrected chi connectivity index (χ2v) is 2.40. The molecule has 0 aromatic carbocycles. The molecule has 0 amide bonds. The lowest BCUT2D eigenvalue weighted by Gasteiger charge is -2.12. The number of nitrogens with zero attached hydrogens (tertiary/aromatic N) is 1. The molecular formula is C8H9F2NO2. The molecule has 72 valence electrons. The van der Waals surface area contributed by atoms with Crippen LogP contribution in [0.2, 0.25) is 0 Å². The molecule has 0 fully saturated rings. The van der Waals surface area contributed by atoms with Crippen LogP contribution in [0.4, 0.5) is 8.78 Å². The van der Waals surface area contributed by atoms with Crippen molar-refractivity contribution in [2.45, 2.75) is 12.5 Å². The number of alkyl halides is 2. The van der Waals surface area contributed by atoms with E-state index in [2.05, 4.69) is 4.98 Å². The molecule has 1 N–H and O–H groups in total. The van der Waals surface area contributed by atoms with E-state index in [1.807, 2.05) is 0 Å². The average molecular weight is 189 g/mol. The van der Waals surface area contributed by atoms with E-state index in [0.717, 1.165) is 6.20 Å². The van der Waals surface area contributed by atoms with Gasteiger partial charge in [0.05, 0.1) is 7.11 Å². The first-order valence-corrected chi connectivity index (χ1v) is 3.61. The summed E-state index contributed by atoms with van der Waals surface area (Å²) in [6.07, 6.45) is -2.11. The minimum atomic E-state index is -2.84. The van der Waals surface area contributed by atoms with Gasteiger partial charge in [-0.25, -0.2) is 8.78 Å². The van der Waals surface area contributed by atoms with E-state index in [0.29, 0.717) is 0 Å². The Morgan fingerprint density at radius 2 is 2.23 bits per heavy atom. The van der Waals surface area contributed by atoms with Crippen molar-refractivity contribution in [2.75, 3.05) is 7.11 Å². The van der Waals surface area contributed by atoms with Gasteiger partial charge in [-0.05, 0) is 6.07 Å². The molecule has 3 nitrogen and oxygen atoms in total. The van der Waals surface area contributed by atoms with Gasteiger partial charge in [0.2, 0.25) is 0 Å². The zero-order valence-electron chi connectivity index (χ0n) is 6.95. The van der Waals surface area contributed by atoms with Gasteiger partial charge in [-0.15, -0.1) is 0 Å². The number of hydrogen-bond donors (Lipinski definition) is 1. The van der Waals surface area contributed by atoms with Gasteiger partial charge in [0, 0.05) is 18.0 Å². The van der Waals surface area contributed by atoms with Crippen molar-refractivity contribution in [3.05, 3.63) is 24.0 Å². The van der Waals surface area contributed by atoms with Gasteiger partial charge in [-0.2, -0.15) is 0 Å². The van der Waals surface area contributed by atoms with E-state index in [1.54, 1.807) is 0 Å². The Balaban J connectivity index is 2.98. The molecule has 0 spiro atoms. The molecule has 0 aliphatic carbocycles. The van der Waals surface area contributed by atoms with Gasteiger partial charge in [0.15, 0.2) is 0 Å². The summed E-state index contributed by atoms with van der Waals surface area (Å²) in [6, 6.07) is 1.42. The molecule has 1 aromatic heterocycles. The molecule has 0 radical (unpaired) electrons. The predicted molar refractivity (Wildman–Crippen MR) is 41.8 cm³/mol. The van der Waals surface area contributed by atoms with Gasteiger partial charge in [-0.1, -0.05) is 0 Å². The fourth-order valence-electron chi connectivity index (χ4n) is 0.938. The van der Waals surface area contributed by atoms with Gasteiger partial charge in [0.1, 0.15) is 11.9 Å². The van der Waals surface area contributed by atoms with Crippen LogP contribution in [0.25, 0.3) is 0 Å². The largest absolute Gasteiger partial charge is 0.496 e. The number of methoxy groups -OCH3 is 1. The summed E-state index contributed by atoms with van der Waals surface area (Å²) >= 11 is 0. The minimum absolute atomic E-state index is 0.000000000000000222. The van der Waals surface area contributed by atoms with Crippen LogP contribution in [0.15, 0.2) is 18.5 Å². The Labute approximate surface area is 74.0 Å². The number of aliphatic hydroxyl groups is 1. The lowest BCUT2D eigenvalue weighted by molar-refractivity contribution is -0.00718. The standard InChI is InChI=1S/C8H9F2NO2/c1-13-6-2-3-11-4-5(6)7(12)8(9)10/h2-4,7-8,12H,1H3. The Hall–Kier alpha value is -1.23. The molecule has 1 rings (SSSR count). The highest BCUT2D eigenvalue weighted by molar-refractivity contribution is 5.32. The molecule has 1 aromatic rings. The van der Waals surface area contributed by atoms with Crippen LogP contribution in [0, 0.1) is 0 Å². The maximum absolute atomic E-state index is 12.1. The third-order valence-electron chi connectivity index (χ3n) is 1.59. The number of hydrogen-bond acceptors (Lipinski definition) is 3. The molecule has 1 heterocycles. The first kappa shape index (κ1) is 9.85. The number of rotatable bonds is 3. The van der Waals surface area contributed by atoms with Crippen LogP contribution in [0.1, 0.15) is 11.7 Å². The van der Waals surface area contributed by atoms with Crippen LogP contribution >= 0.6 is 0 Å². The third kappa shape index (κ3) is 2.12. The van der Waals surface area contributed by atoms with Crippen LogP contribution in [0.5, 0.6) is 5.75 Å². The van der Waals surface area contributed by atoms with E-state index >= 15 is 0 Å². The van der Waals surface area contributed by atoms with Crippen molar-refractivity contribution < 1.29 is 18.6 Å². The summed E-state index contributed by atoms with van der Waals surface area (Å²) in [7, 11) is 1.34. The van der Waals surface area contributed by atoms with Gasteiger partial charge < -0.3 is 9.84 Å². The minimum Gasteiger partial charge on any atom is -0.496 e. The SMILES string of the molecule is COc1ccncc1C(O)C(F)F. The van der Waals surface area contributed by atoms with Crippen LogP contribution < -0.4 is 4.74 Å². The predicted octanol–water partition coefficient (Wildman–Crippen LogP) is 1.39. The maximum atomic E-state index is 12.1. The topological polar surface area (TPSA) is 42.4 Å². The number of aliphatic hydroxyl groups excluding tert-OH is 1. The Kier molecular flexibility index (Phi) is 3.13. The maximum Gasteiger partial charge on any atom is 0.268 e.